The molecule has 0 nitrogen and oxygen atoms in total. The van der Waals surface area contributed by atoms with Crippen LogP contribution in [0.5, 0.6) is 0 Å². The fourth-order valence-electron chi connectivity index (χ4n) is 6.20. The molecular formula is C29H38F2. The summed E-state index contributed by atoms with van der Waals surface area (Å²) in [5.74, 6) is 2.30. The second-order valence-electron chi connectivity index (χ2n) is 10.4. The molecule has 2 saturated carbocycles. The topological polar surface area (TPSA) is 0 Å². The fraction of sp³-hybridized carbons (Fsp3) is 0.586. The van der Waals surface area contributed by atoms with E-state index in [-0.39, 0.29) is 0 Å². The summed E-state index contributed by atoms with van der Waals surface area (Å²) in [5.41, 5.74) is 2.48. The van der Waals surface area contributed by atoms with E-state index in [9.17, 15) is 8.78 Å². The van der Waals surface area contributed by atoms with Gasteiger partial charge in [-0.25, -0.2) is 8.78 Å². The maximum absolute atomic E-state index is 13.5. The molecule has 2 aromatic rings. The minimum absolute atomic E-state index is 0.411. The van der Waals surface area contributed by atoms with Crippen LogP contribution in [0.4, 0.5) is 8.78 Å². The summed E-state index contributed by atoms with van der Waals surface area (Å²) in [7, 11) is 0. The van der Waals surface area contributed by atoms with Gasteiger partial charge in [0.2, 0.25) is 0 Å². The fourth-order valence-corrected chi connectivity index (χ4v) is 6.20. The lowest BCUT2D eigenvalue weighted by Crippen LogP contribution is -2.18. The molecule has 2 heteroatoms. The van der Waals surface area contributed by atoms with E-state index >= 15 is 0 Å². The average Bonchev–Trinajstić information content (AvgIpc) is 2.81. The second kappa shape index (κ2) is 10.7. The molecule has 31 heavy (non-hydrogen) atoms. The van der Waals surface area contributed by atoms with Gasteiger partial charge in [-0.2, -0.15) is 0 Å². The maximum atomic E-state index is 13.5. The summed E-state index contributed by atoms with van der Waals surface area (Å²) in [6.07, 6.45) is 14.5. The summed E-state index contributed by atoms with van der Waals surface area (Å²) in [5, 5.41) is 0. The van der Waals surface area contributed by atoms with E-state index in [1.807, 2.05) is 0 Å². The largest absolute Gasteiger partial charge is 0.204 e. The minimum Gasteiger partial charge on any atom is -0.204 e. The van der Waals surface area contributed by atoms with E-state index in [4.69, 9.17) is 0 Å². The zero-order valence-electron chi connectivity index (χ0n) is 19.0. The van der Waals surface area contributed by atoms with Crippen LogP contribution in [0.2, 0.25) is 0 Å². The number of hydrogen-bond acceptors (Lipinski definition) is 0. The SMILES string of the molecule is C[C@H](CC1CCC(CCC2CCC(c3ccc(F)c(F)c3)CC2)CC1)c1ccccc1. The van der Waals surface area contributed by atoms with Crippen LogP contribution in [0.3, 0.4) is 0 Å². The first-order valence-corrected chi connectivity index (χ1v) is 12.6. The summed E-state index contributed by atoms with van der Waals surface area (Å²) >= 11 is 0. The Labute approximate surface area is 187 Å². The van der Waals surface area contributed by atoms with Crippen LogP contribution >= 0.6 is 0 Å². The Morgan fingerprint density at radius 1 is 0.710 bits per heavy atom. The Morgan fingerprint density at radius 2 is 1.29 bits per heavy atom. The van der Waals surface area contributed by atoms with Crippen LogP contribution in [0.25, 0.3) is 0 Å². The Bertz CT molecular complexity index is 799. The van der Waals surface area contributed by atoms with Crippen LogP contribution in [0.1, 0.15) is 101 Å². The van der Waals surface area contributed by atoms with Crippen molar-refractivity contribution < 1.29 is 8.78 Å². The van der Waals surface area contributed by atoms with E-state index in [1.54, 1.807) is 6.07 Å². The molecule has 0 heterocycles. The quantitative estimate of drug-likeness (QED) is 0.416. The van der Waals surface area contributed by atoms with Gasteiger partial charge in [0.15, 0.2) is 11.6 Å². The zero-order chi connectivity index (χ0) is 21.6. The van der Waals surface area contributed by atoms with Gasteiger partial charge in [0, 0.05) is 0 Å². The molecule has 4 rings (SSSR count). The van der Waals surface area contributed by atoms with Gasteiger partial charge in [0.25, 0.3) is 0 Å². The van der Waals surface area contributed by atoms with Crippen molar-refractivity contribution in [1.82, 2.24) is 0 Å². The molecule has 0 saturated heterocycles. The van der Waals surface area contributed by atoms with Crippen molar-refractivity contribution in [2.24, 2.45) is 17.8 Å². The molecule has 0 aliphatic heterocycles. The lowest BCUT2D eigenvalue weighted by molar-refractivity contribution is 0.220. The van der Waals surface area contributed by atoms with Crippen molar-refractivity contribution >= 4 is 0 Å². The molecule has 0 radical (unpaired) electrons. The number of hydrogen-bond donors (Lipinski definition) is 0. The molecule has 0 amide bonds. The minimum atomic E-state index is -0.735. The highest BCUT2D eigenvalue weighted by atomic mass is 19.2. The van der Waals surface area contributed by atoms with E-state index < -0.39 is 11.6 Å². The number of rotatable bonds is 7. The molecule has 2 aromatic carbocycles. The van der Waals surface area contributed by atoms with Crippen molar-refractivity contribution in [2.75, 3.05) is 0 Å². The Hall–Kier alpha value is -1.70. The van der Waals surface area contributed by atoms with Crippen molar-refractivity contribution in [3.05, 3.63) is 71.3 Å². The molecule has 0 aromatic heterocycles. The van der Waals surface area contributed by atoms with E-state index in [0.29, 0.717) is 11.8 Å². The van der Waals surface area contributed by atoms with Crippen LogP contribution in [0.15, 0.2) is 48.5 Å². The van der Waals surface area contributed by atoms with Crippen LogP contribution < -0.4 is 0 Å². The molecular weight excluding hydrogens is 386 g/mol. The van der Waals surface area contributed by atoms with Crippen LogP contribution in [-0.2, 0) is 0 Å². The standard InChI is InChI=1S/C29H38F2/c1-21(25-5-3-2-4-6-25)19-24-11-9-22(10-12-24)7-8-23-13-15-26(16-14-23)27-17-18-28(30)29(31)20-27/h2-6,17-18,20-24,26H,7-16,19H2,1H3/t21-,22?,23?,24?,26?/m1/s1. The molecule has 168 valence electrons. The predicted octanol–water partition coefficient (Wildman–Crippen LogP) is 9.02. The van der Waals surface area contributed by atoms with Crippen LogP contribution in [-0.4, -0.2) is 0 Å². The van der Waals surface area contributed by atoms with Crippen molar-refractivity contribution in [3.8, 4) is 0 Å². The van der Waals surface area contributed by atoms with Crippen LogP contribution in [0, 0.1) is 29.4 Å². The predicted molar refractivity (Wildman–Crippen MR) is 125 cm³/mol. The highest BCUT2D eigenvalue weighted by molar-refractivity contribution is 5.22. The third kappa shape index (κ3) is 6.18. The summed E-state index contributed by atoms with van der Waals surface area (Å²) < 4.78 is 26.7. The van der Waals surface area contributed by atoms with Gasteiger partial charge >= 0.3 is 0 Å². The van der Waals surface area contributed by atoms with Gasteiger partial charge in [0.05, 0.1) is 0 Å². The van der Waals surface area contributed by atoms with E-state index in [0.717, 1.165) is 36.2 Å². The van der Waals surface area contributed by atoms with Crippen molar-refractivity contribution in [1.29, 1.82) is 0 Å². The lowest BCUT2D eigenvalue weighted by atomic mass is 9.73. The molecule has 2 fully saturated rings. The third-order valence-corrected chi connectivity index (χ3v) is 8.27. The van der Waals surface area contributed by atoms with Gasteiger partial charge < -0.3 is 0 Å². The van der Waals surface area contributed by atoms with Crippen molar-refractivity contribution in [2.45, 2.75) is 89.4 Å². The molecule has 0 unspecified atom stereocenters. The summed E-state index contributed by atoms with van der Waals surface area (Å²) in [6.45, 7) is 2.39. The highest BCUT2D eigenvalue weighted by Crippen LogP contribution is 2.41. The second-order valence-corrected chi connectivity index (χ2v) is 10.4. The molecule has 2 aliphatic rings. The third-order valence-electron chi connectivity index (χ3n) is 8.27. The van der Waals surface area contributed by atoms with Gasteiger partial charge in [-0.15, -0.1) is 0 Å². The molecule has 0 spiro atoms. The van der Waals surface area contributed by atoms with Gasteiger partial charge in [-0.3, -0.25) is 0 Å². The van der Waals surface area contributed by atoms with Gasteiger partial charge in [0.1, 0.15) is 0 Å². The first-order chi connectivity index (χ1) is 15.1. The molecule has 1 atom stereocenters. The number of benzene rings is 2. The first kappa shape index (κ1) is 22.5. The average molecular weight is 425 g/mol. The molecule has 2 aliphatic carbocycles. The monoisotopic (exact) mass is 424 g/mol. The lowest BCUT2D eigenvalue weighted by Gasteiger charge is -2.33. The van der Waals surface area contributed by atoms with E-state index in [2.05, 4.69) is 37.3 Å². The Morgan fingerprint density at radius 3 is 1.90 bits per heavy atom. The highest BCUT2D eigenvalue weighted by Gasteiger charge is 2.26. The van der Waals surface area contributed by atoms with Gasteiger partial charge in [-0.05, 0) is 85.0 Å². The Balaban J connectivity index is 1.14. The smallest absolute Gasteiger partial charge is 0.159 e. The maximum Gasteiger partial charge on any atom is 0.159 e. The van der Waals surface area contributed by atoms with Gasteiger partial charge in [-0.1, -0.05) is 81.8 Å². The van der Waals surface area contributed by atoms with E-state index in [1.165, 1.54) is 75.5 Å². The number of halogens is 2. The molecule has 0 N–H and O–H groups in total. The molecule has 0 bridgehead atoms. The summed E-state index contributed by atoms with van der Waals surface area (Å²) in [6, 6.07) is 15.5. The zero-order valence-corrected chi connectivity index (χ0v) is 19.0. The van der Waals surface area contributed by atoms with Crippen molar-refractivity contribution in [3.63, 3.8) is 0 Å². The summed E-state index contributed by atoms with van der Waals surface area (Å²) in [4.78, 5) is 0. The normalized spacial score (nSPS) is 27.7. The first-order valence-electron chi connectivity index (χ1n) is 12.6. The Kier molecular flexibility index (Phi) is 7.80.